The van der Waals surface area contributed by atoms with E-state index < -0.39 is 17.9 Å². The zero-order valence-corrected chi connectivity index (χ0v) is 14.1. The molecule has 136 valence electrons. The fraction of sp³-hybridized carbons (Fsp3) is 0.375. The molecule has 2 aromatic rings. The molecule has 9 heteroatoms. The van der Waals surface area contributed by atoms with Crippen molar-refractivity contribution in [3.05, 3.63) is 35.7 Å². The number of methoxy groups -OCH3 is 3. The highest BCUT2D eigenvalue weighted by Gasteiger charge is 2.32. The summed E-state index contributed by atoms with van der Waals surface area (Å²) in [7, 11) is 4.45. The largest absolute Gasteiger partial charge is 0.493 e. The summed E-state index contributed by atoms with van der Waals surface area (Å²) in [5.74, 6) is 1.18. The summed E-state index contributed by atoms with van der Waals surface area (Å²) in [6.45, 7) is 1.75. The molecule has 1 heterocycles. The maximum atomic E-state index is 12.7. The summed E-state index contributed by atoms with van der Waals surface area (Å²) < 4.78 is 54.0. The van der Waals surface area contributed by atoms with Crippen molar-refractivity contribution in [3.63, 3.8) is 0 Å². The van der Waals surface area contributed by atoms with Crippen molar-refractivity contribution in [1.82, 2.24) is 9.97 Å². The third-order valence-electron chi connectivity index (χ3n) is 3.48. The number of anilines is 1. The van der Waals surface area contributed by atoms with Crippen LogP contribution in [0, 0.1) is 0 Å². The molecule has 1 N–H and O–H groups in total. The summed E-state index contributed by atoms with van der Waals surface area (Å²) in [6.07, 6.45) is -3.48. The summed E-state index contributed by atoms with van der Waals surface area (Å²) in [4.78, 5) is 7.32. The number of rotatable bonds is 6. The molecule has 0 aliphatic carbocycles. The SMILES string of the molecule is COc1cc(C(C)Nc2nccc(C(F)(F)F)n2)cc(OC)c1OC. The van der Waals surface area contributed by atoms with Crippen molar-refractivity contribution in [1.29, 1.82) is 0 Å². The van der Waals surface area contributed by atoms with Crippen LogP contribution in [0.15, 0.2) is 24.4 Å². The maximum Gasteiger partial charge on any atom is 0.433 e. The first-order valence-corrected chi connectivity index (χ1v) is 7.26. The average molecular weight is 357 g/mol. The number of benzene rings is 1. The van der Waals surface area contributed by atoms with Gasteiger partial charge in [-0.1, -0.05) is 0 Å². The number of ether oxygens (including phenoxy) is 3. The number of hydrogen-bond donors (Lipinski definition) is 1. The molecule has 0 saturated carbocycles. The molecule has 1 aromatic heterocycles. The van der Waals surface area contributed by atoms with E-state index in [0.29, 0.717) is 22.8 Å². The van der Waals surface area contributed by atoms with Crippen molar-refractivity contribution >= 4 is 5.95 Å². The number of nitrogens with zero attached hydrogens (tertiary/aromatic N) is 2. The van der Waals surface area contributed by atoms with E-state index in [1.165, 1.54) is 21.3 Å². The van der Waals surface area contributed by atoms with Crippen molar-refractivity contribution in [2.24, 2.45) is 0 Å². The van der Waals surface area contributed by atoms with E-state index in [4.69, 9.17) is 14.2 Å². The van der Waals surface area contributed by atoms with E-state index in [0.717, 1.165) is 12.3 Å². The van der Waals surface area contributed by atoms with Gasteiger partial charge in [-0.05, 0) is 30.7 Å². The molecule has 0 aliphatic rings. The fourth-order valence-electron chi connectivity index (χ4n) is 2.21. The lowest BCUT2D eigenvalue weighted by molar-refractivity contribution is -0.141. The van der Waals surface area contributed by atoms with E-state index >= 15 is 0 Å². The minimum absolute atomic E-state index is 0.129. The van der Waals surface area contributed by atoms with Crippen LogP contribution in [0.1, 0.15) is 24.2 Å². The first-order valence-electron chi connectivity index (χ1n) is 7.26. The smallest absolute Gasteiger partial charge is 0.433 e. The Hall–Kier alpha value is -2.71. The lowest BCUT2D eigenvalue weighted by Gasteiger charge is -2.19. The van der Waals surface area contributed by atoms with Gasteiger partial charge < -0.3 is 19.5 Å². The Morgan fingerprint density at radius 1 is 1.04 bits per heavy atom. The molecule has 0 saturated heterocycles. The summed E-state index contributed by atoms with van der Waals surface area (Å²) >= 11 is 0. The van der Waals surface area contributed by atoms with E-state index in [1.807, 2.05) is 0 Å². The van der Waals surface area contributed by atoms with Gasteiger partial charge in [0.05, 0.1) is 27.4 Å². The Kier molecular flexibility index (Phi) is 5.55. The van der Waals surface area contributed by atoms with Crippen LogP contribution >= 0.6 is 0 Å². The van der Waals surface area contributed by atoms with Gasteiger partial charge in [-0.2, -0.15) is 13.2 Å². The lowest BCUT2D eigenvalue weighted by atomic mass is 10.1. The van der Waals surface area contributed by atoms with Crippen LogP contribution in [-0.4, -0.2) is 31.3 Å². The molecule has 0 fully saturated rings. The van der Waals surface area contributed by atoms with Crippen LogP contribution in [0.4, 0.5) is 19.1 Å². The second-order valence-corrected chi connectivity index (χ2v) is 5.09. The highest BCUT2D eigenvalue weighted by molar-refractivity contribution is 5.55. The number of alkyl halides is 3. The molecule has 1 unspecified atom stereocenters. The quantitative estimate of drug-likeness (QED) is 0.851. The molecule has 0 aliphatic heterocycles. The molecular formula is C16H18F3N3O3. The molecule has 0 spiro atoms. The predicted octanol–water partition coefficient (Wildman–Crippen LogP) is 3.69. The van der Waals surface area contributed by atoms with E-state index in [-0.39, 0.29) is 5.95 Å². The summed E-state index contributed by atoms with van der Waals surface area (Å²) in [5, 5.41) is 2.84. The Bertz CT molecular complexity index is 713. The van der Waals surface area contributed by atoms with Gasteiger partial charge in [0.2, 0.25) is 11.7 Å². The Labute approximate surface area is 143 Å². The van der Waals surface area contributed by atoms with E-state index in [9.17, 15) is 13.2 Å². The number of aromatic nitrogens is 2. The second kappa shape index (κ2) is 7.45. The molecule has 1 aromatic carbocycles. The highest BCUT2D eigenvalue weighted by Crippen LogP contribution is 2.40. The monoisotopic (exact) mass is 357 g/mol. The zero-order chi connectivity index (χ0) is 18.6. The first kappa shape index (κ1) is 18.6. The topological polar surface area (TPSA) is 65.5 Å². The first-order chi connectivity index (χ1) is 11.8. The lowest BCUT2D eigenvalue weighted by Crippen LogP contribution is -2.14. The van der Waals surface area contributed by atoms with Gasteiger partial charge in [0.1, 0.15) is 5.69 Å². The van der Waals surface area contributed by atoms with Gasteiger partial charge in [0, 0.05) is 6.20 Å². The van der Waals surface area contributed by atoms with Crippen molar-refractivity contribution in [3.8, 4) is 17.2 Å². The van der Waals surface area contributed by atoms with Gasteiger partial charge in [-0.15, -0.1) is 0 Å². The molecule has 6 nitrogen and oxygen atoms in total. The third-order valence-corrected chi connectivity index (χ3v) is 3.48. The molecule has 25 heavy (non-hydrogen) atoms. The van der Waals surface area contributed by atoms with Crippen molar-refractivity contribution in [2.45, 2.75) is 19.1 Å². The van der Waals surface area contributed by atoms with Crippen molar-refractivity contribution in [2.75, 3.05) is 26.6 Å². The zero-order valence-electron chi connectivity index (χ0n) is 14.1. The van der Waals surface area contributed by atoms with Crippen LogP contribution in [-0.2, 0) is 6.18 Å². The minimum atomic E-state index is -4.53. The van der Waals surface area contributed by atoms with Gasteiger partial charge in [0.15, 0.2) is 11.5 Å². The van der Waals surface area contributed by atoms with Crippen LogP contribution in [0.25, 0.3) is 0 Å². The third kappa shape index (κ3) is 4.23. The standard InChI is InChI=1S/C16H18F3N3O3/c1-9(21-15-20-6-5-13(22-15)16(17,18)19)10-7-11(23-2)14(25-4)12(8-10)24-3/h5-9H,1-4H3,(H,20,21,22). The molecule has 1 atom stereocenters. The maximum absolute atomic E-state index is 12.7. The van der Waals surface area contributed by atoms with Crippen LogP contribution < -0.4 is 19.5 Å². The number of hydrogen-bond acceptors (Lipinski definition) is 6. The summed E-state index contributed by atoms with van der Waals surface area (Å²) in [6, 6.07) is 3.81. The van der Waals surface area contributed by atoms with Crippen molar-refractivity contribution < 1.29 is 27.4 Å². The van der Waals surface area contributed by atoms with Gasteiger partial charge in [0.25, 0.3) is 0 Å². The van der Waals surface area contributed by atoms with Gasteiger partial charge in [-0.25, -0.2) is 9.97 Å². The fourth-order valence-corrected chi connectivity index (χ4v) is 2.21. The predicted molar refractivity (Wildman–Crippen MR) is 85.2 cm³/mol. The van der Waals surface area contributed by atoms with Crippen LogP contribution in [0.2, 0.25) is 0 Å². The minimum Gasteiger partial charge on any atom is -0.493 e. The number of nitrogens with one attached hydrogen (secondary N) is 1. The van der Waals surface area contributed by atoms with E-state index in [2.05, 4.69) is 15.3 Å². The Morgan fingerprint density at radius 2 is 1.64 bits per heavy atom. The molecular weight excluding hydrogens is 339 g/mol. The molecule has 2 rings (SSSR count). The molecule has 0 bridgehead atoms. The molecule has 0 radical (unpaired) electrons. The summed E-state index contributed by atoms with van der Waals surface area (Å²) in [5.41, 5.74) is -0.308. The van der Waals surface area contributed by atoms with Crippen LogP contribution in [0.5, 0.6) is 17.2 Å². The highest BCUT2D eigenvalue weighted by atomic mass is 19.4. The normalized spacial score (nSPS) is 12.4. The van der Waals surface area contributed by atoms with E-state index in [1.54, 1.807) is 19.1 Å². The second-order valence-electron chi connectivity index (χ2n) is 5.09. The van der Waals surface area contributed by atoms with Gasteiger partial charge >= 0.3 is 6.18 Å². The Morgan fingerprint density at radius 3 is 2.12 bits per heavy atom. The van der Waals surface area contributed by atoms with Gasteiger partial charge in [-0.3, -0.25) is 0 Å². The molecule has 0 amide bonds. The Balaban J connectivity index is 2.31. The average Bonchev–Trinajstić information content (AvgIpc) is 2.59. The number of halogens is 3. The van der Waals surface area contributed by atoms with Crippen LogP contribution in [0.3, 0.4) is 0 Å².